The van der Waals surface area contributed by atoms with Gasteiger partial charge in [0.15, 0.2) is 0 Å². The third-order valence-electron chi connectivity index (χ3n) is 2.23. The zero-order valence-corrected chi connectivity index (χ0v) is 10.9. The number of aromatic nitrogens is 2. The molecule has 0 aliphatic heterocycles. The van der Waals surface area contributed by atoms with Crippen LogP contribution in [0.25, 0.3) is 0 Å². The molecule has 1 heterocycles. The molecule has 92 valence electrons. The van der Waals surface area contributed by atoms with Gasteiger partial charge in [0.05, 0.1) is 35.7 Å². The molecule has 5 heteroatoms. The van der Waals surface area contributed by atoms with Gasteiger partial charge in [-0.15, -0.1) is 0 Å². The zero-order chi connectivity index (χ0) is 12.1. The van der Waals surface area contributed by atoms with Crippen LogP contribution in [0.15, 0.2) is 6.20 Å². The molecule has 1 aromatic rings. The second kappa shape index (κ2) is 6.23. The van der Waals surface area contributed by atoms with Gasteiger partial charge in [-0.1, -0.05) is 18.5 Å². The van der Waals surface area contributed by atoms with Crippen molar-refractivity contribution in [3.8, 4) is 0 Å². The summed E-state index contributed by atoms with van der Waals surface area (Å²) in [5.41, 5.74) is 6.91. The summed E-state index contributed by atoms with van der Waals surface area (Å²) in [6.45, 7) is 7.36. The lowest BCUT2D eigenvalue weighted by Crippen LogP contribution is -2.23. The Balaban J connectivity index is 2.72. The molecule has 2 N–H and O–H groups in total. The van der Waals surface area contributed by atoms with Crippen LogP contribution in [0.5, 0.6) is 0 Å². The van der Waals surface area contributed by atoms with E-state index in [1.807, 2.05) is 18.5 Å². The molecule has 4 nitrogen and oxygen atoms in total. The summed E-state index contributed by atoms with van der Waals surface area (Å²) in [5, 5.41) is 4.82. The predicted octanol–water partition coefficient (Wildman–Crippen LogP) is 2.37. The molecule has 0 amide bonds. The number of halogens is 1. The van der Waals surface area contributed by atoms with E-state index in [-0.39, 0.29) is 12.1 Å². The summed E-state index contributed by atoms with van der Waals surface area (Å²) in [6, 6.07) is -0.219. The summed E-state index contributed by atoms with van der Waals surface area (Å²) in [4.78, 5) is 0. The molecule has 0 saturated carbocycles. The average Bonchev–Trinajstić information content (AvgIpc) is 2.57. The molecule has 0 saturated heterocycles. The lowest BCUT2D eigenvalue weighted by atomic mass is 10.2. The number of nitrogens with two attached hydrogens (primary N) is 1. The molecule has 0 bridgehead atoms. The highest BCUT2D eigenvalue weighted by Gasteiger charge is 2.17. The van der Waals surface area contributed by atoms with E-state index in [0.717, 1.165) is 18.7 Å². The predicted molar refractivity (Wildman–Crippen MR) is 65.5 cm³/mol. The normalized spacial score (nSPS) is 13.4. The summed E-state index contributed by atoms with van der Waals surface area (Å²) >= 11 is 6.07. The monoisotopic (exact) mass is 245 g/mol. The molecule has 0 aromatic carbocycles. The maximum Gasteiger partial charge on any atom is 0.0834 e. The molecule has 0 fully saturated rings. The molecule has 1 unspecified atom stereocenters. The van der Waals surface area contributed by atoms with E-state index in [9.17, 15) is 0 Å². The third kappa shape index (κ3) is 3.47. The molecule has 1 aromatic heterocycles. The van der Waals surface area contributed by atoms with Crippen molar-refractivity contribution < 1.29 is 4.74 Å². The van der Waals surface area contributed by atoms with Gasteiger partial charge in [-0.2, -0.15) is 5.10 Å². The largest absolute Gasteiger partial charge is 0.377 e. The highest BCUT2D eigenvalue weighted by atomic mass is 35.5. The molecular weight excluding hydrogens is 226 g/mol. The minimum atomic E-state index is -0.219. The Morgan fingerprint density at radius 2 is 2.25 bits per heavy atom. The smallest absolute Gasteiger partial charge is 0.0834 e. The van der Waals surface area contributed by atoms with E-state index in [4.69, 9.17) is 22.1 Å². The van der Waals surface area contributed by atoms with E-state index in [0.29, 0.717) is 11.6 Å². The molecule has 1 atom stereocenters. The van der Waals surface area contributed by atoms with Crippen LogP contribution in [0, 0.1) is 0 Å². The van der Waals surface area contributed by atoms with Crippen LogP contribution in [0.4, 0.5) is 0 Å². The minimum Gasteiger partial charge on any atom is -0.377 e. The van der Waals surface area contributed by atoms with Crippen molar-refractivity contribution in [1.82, 2.24) is 9.78 Å². The van der Waals surface area contributed by atoms with Crippen molar-refractivity contribution in [2.45, 2.75) is 45.9 Å². The second-order valence-electron chi connectivity index (χ2n) is 4.09. The van der Waals surface area contributed by atoms with Crippen molar-refractivity contribution in [3.05, 3.63) is 16.9 Å². The Kier molecular flexibility index (Phi) is 5.25. The second-order valence-corrected chi connectivity index (χ2v) is 4.50. The maximum atomic E-state index is 6.07. The number of aryl methyl sites for hydroxylation is 1. The third-order valence-corrected chi connectivity index (χ3v) is 2.52. The average molecular weight is 246 g/mol. The van der Waals surface area contributed by atoms with Crippen LogP contribution < -0.4 is 5.73 Å². The highest BCUT2D eigenvalue weighted by molar-refractivity contribution is 6.31. The van der Waals surface area contributed by atoms with Gasteiger partial charge >= 0.3 is 0 Å². The van der Waals surface area contributed by atoms with Crippen molar-refractivity contribution >= 4 is 11.6 Å². The number of rotatable bonds is 6. The van der Waals surface area contributed by atoms with E-state index in [1.54, 1.807) is 6.20 Å². The van der Waals surface area contributed by atoms with Gasteiger partial charge in [-0.05, 0) is 20.3 Å². The quantitative estimate of drug-likeness (QED) is 0.837. The first-order valence-electron chi connectivity index (χ1n) is 5.64. The first kappa shape index (κ1) is 13.5. The van der Waals surface area contributed by atoms with Crippen LogP contribution in [0.2, 0.25) is 5.02 Å². The fraction of sp³-hybridized carbons (Fsp3) is 0.727. The molecule has 1 rings (SSSR count). The zero-order valence-electron chi connectivity index (χ0n) is 10.1. The van der Waals surface area contributed by atoms with Crippen molar-refractivity contribution in [2.75, 3.05) is 6.61 Å². The van der Waals surface area contributed by atoms with Gasteiger partial charge in [0.25, 0.3) is 0 Å². The Hall–Kier alpha value is -0.580. The Labute approximate surface area is 102 Å². The SMILES string of the molecule is CCCn1ncc(Cl)c1C(N)COC(C)C. The number of nitrogens with zero attached hydrogens (tertiary/aromatic N) is 2. The van der Waals surface area contributed by atoms with Gasteiger partial charge in [-0.3, -0.25) is 4.68 Å². The lowest BCUT2D eigenvalue weighted by Gasteiger charge is -2.16. The molecule has 0 aliphatic carbocycles. The molecule has 16 heavy (non-hydrogen) atoms. The van der Waals surface area contributed by atoms with Gasteiger partial charge in [0.2, 0.25) is 0 Å². The van der Waals surface area contributed by atoms with Crippen LogP contribution in [0.1, 0.15) is 38.9 Å². The summed E-state index contributed by atoms with van der Waals surface area (Å²) in [7, 11) is 0. The summed E-state index contributed by atoms with van der Waals surface area (Å²) in [5.74, 6) is 0. The number of ether oxygens (including phenoxy) is 1. The first-order valence-corrected chi connectivity index (χ1v) is 6.02. The fourth-order valence-corrected chi connectivity index (χ4v) is 1.79. The Morgan fingerprint density at radius 3 is 2.81 bits per heavy atom. The minimum absolute atomic E-state index is 0.173. The van der Waals surface area contributed by atoms with Crippen molar-refractivity contribution in [1.29, 1.82) is 0 Å². The fourth-order valence-electron chi connectivity index (χ4n) is 1.51. The topological polar surface area (TPSA) is 53.1 Å². The van der Waals surface area contributed by atoms with E-state index in [2.05, 4.69) is 12.0 Å². The van der Waals surface area contributed by atoms with Crippen molar-refractivity contribution in [2.24, 2.45) is 5.73 Å². The van der Waals surface area contributed by atoms with Crippen LogP contribution in [0.3, 0.4) is 0 Å². The van der Waals surface area contributed by atoms with Crippen LogP contribution >= 0.6 is 11.6 Å². The number of hydrogen-bond acceptors (Lipinski definition) is 3. The molecular formula is C11H20ClN3O. The van der Waals surface area contributed by atoms with Crippen molar-refractivity contribution in [3.63, 3.8) is 0 Å². The van der Waals surface area contributed by atoms with Gasteiger partial charge in [0.1, 0.15) is 0 Å². The maximum absolute atomic E-state index is 6.07. The standard InChI is InChI=1S/C11H20ClN3O/c1-4-5-15-11(9(12)6-14-15)10(13)7-16-8(2)3/h6,8,10H,4-5,7,13H2,1-3H3. The van der Waals surface area contributed by atoms with E-state index in [1.165, 1.54) is 0 Å². The van der Waals surface area contributed by atoms with Gasteiger partial charge in [-0.25, -0.2) is 0 Å². The Morgan fingerprint density at radius 1 is 1.56 bits per heavy atom. The lowest BCUT2D eigenvalue weighted by molar-refractivity contribution is 0.0668. The Bertz CT molecular complexity index is 325. The highest BCUT2D eigenvalue weighted by Crippen LogP contribution is 2.22. The van der Waals surface area contributed by atoms with E-state index < -0.39 is 0 Å². The van der Waals surface area contributed by atoms with Crippen LogP contribution in [-0.2, 0) is 11.3 Å². The van der Waals surface area contributed by atoms with Gasteiger partial charge in [0, 0.05) is 6.54 Å². The number of hydrogen-bond donors (Lipinski definition) is 1. The molecule has 0 aliphatic rings. The first-order chi connectivity index (χ1) is 7.56. The van der Waals surface area contributed by atoms with Gasteiger partial charge < -0.3 is 10.5 Å². The van der Waals surface area contributed by atoms with Crippen LogP contribution in [-0.4, -0.2) is 22.5 Å². The molecule has 0 radical (unpaired) electrons. The van der Waals surface area contributed by atoms with E-state index >= 15 is 0 Å². The summed E-state index contributed by atoms with van der Waals surface area (Å²) < 4.78 is 7.35. The summed E-state index contributed by atoms with van der Waals surface area (Å²) in [6.07, 6.45) is 2.82. The molecule has 0 spiro atoms.